The maximum absolute atomic E-state index is 12.2. The number of hydrogen-bond acceptors (Lipinski definition) is 6. The predicted molar refractivity (Wildman–Crippen MR) is 106 cm³/mol. The molecule has 2 rings (SSSR count). The van der Waals surface area contributed by atoms with Gasteiger partial charge in [-0.3, -0.25) is 4.79 Å². The Labute approximate surface area is 176 Å². The summed E-state index contributed by atoms with van der Waals surface area (Å²) in [7, 11) is 0. The van der Waals surface area contributed by atoms with Crippen molar-refractivity contribution >= 4 is 59.3 Å². The van der Waals surface area contributed by atoms with Crippen molar-refractivity contribution in [1.29, 1.82) is 0 Å². The zero-order valence-electron chi connectivity index (χ0n) is 14.1. The Bertz CT molecular complexity index is 804. The summed E-state index contributed by atoms with van der Waals surface area (Å²) in [6.07, 6.45) is 0. The van der Waals surface area contributed by atoms with E-state index < -0.39 is 17.9 Å². The van der Waals surface area contributed by atoms with Crippen LogP contribution in [-0.4, -0.2) is 30.3 Å². The topological polar surface area (TPSA) is 77.8 Å². The van der Waals surface area contributed by atoms with Gasteiger partial charge in [-0.1, -0.05) is 34.8 Å². The molecule has 1 atom stereocenters. The van der Waals surface area contributed by atoms with Crippen LogP contribution in [0.5, 0.6) is 5.75 Å². The summed E-state index contributed by atoms with van der Waals surface area (Å²) in [6, 6.07) is 5.14. The first kappa shape index (κ1) is 21.8. The molecule has 0 radical (unpaired) electrons. The van der Waals surface area contributed by atoms with Gasteiger partial charge in [-0.25, -0.2) is 4.79 Å². The van der Waals surface area contributed by atoms with Crippen LogP contribution in [0.2, 0.25) is 15.1 Å². The molecule has 0 saturated carbocycles. The van der Waals surface area contributed by atoms with Gasteiger partial charge in [0, 0.05) is 10.8 Å². The van der Waals surface area contributed by atoms with Gasteiger partial charge in [0.2, 0.25) is 0 Å². The van der Waals surface area contributed by atoms with Crippen molar-refractivity contribution in [1.82, 2.24) is 5.32 Å². The molecule has 0 aliphatic carbocycles. The Kier molecular flexibility index (Phi) is 8.16. The van der Waals surface area contributed by atoms with Crippen LogP contribution in [-0.2, 0) is 16.1 Å². The van der Waals surface area contributed by atoms with Crippen LogP contribution in [0.1, 0.15) is 23.2 Å². The van der Waals surface area contributed by atoms with E-state index in [0.717, 1.165) is 0 Å². The van der Waals surface area contributed by atoms with E-state index in [1.165, 1.54) is 18.2 Å². The minimum Gasteiger partial charge on any atom is -0.483 e. The smallest absolute Gasteiger partial charge is 0.329 e. The fourth-order valence-corrected chi connectivity index (χ4v) is 3.21. The van der Waals surface area contributed by atoms with Gasteiger partial charge in [0.25, 0.3) is 5.91 Å². The standard InChI is InChI=1S/C17H16Cl3NO5S/c1-2-24-17(23)13(8-27)21-16(22)14-4-3-10(26-14)7-25-15-11(19)5-9(18)6-12(15)20/h3-6,13,27H,2,7-8H2,1H3,(H,21,22)/t13-/m0/s1. The molecule has 10 heteroatoms. The maximum Gasteiger partial charge on any atom is 0.329 e. The molecular formula is C17H16Cl3NO5S. The zero-order valence-corrected chi connectivity index (χ0v) is 17.3. The molecular weight excluding hydrogens is 437 g/mol. The Balaban J connectivity index is 2.00. The molecule has 146 valence electrons. The monoisotopic (exact) mass is 451 g/mol. The largest absolute Gasteiger partial charge is 0.483 e. The number of carbonyl (C=O) groups is 2. The lowest BCUT2D eigenvalue weighted by molar-refractivity contribution is -0.144. The lowest BCUT2D eigenvalue weighted by atomic mass is 10.3. The fourth-order valence-electron chi connectivity index (χ4n) is 2.04. The number of benzene rings is 1. The van der Waals surface area contributed by atoms with Crippen molar-refractivity contribution in [3.05, 3.63) is 50.9 Å². The summed E-state index contributed by atoms with van der Waals surface area (Å²) in [5, 5.41) is 3.39. The third kappa shape index (κ3) is 5.97. The maximum atomic E-state index is 12.2. The van der Waals surface area contributed by atoms with E-state index in [-0.39, 0.29) is 40.5 Å². The number of thiol groups is 1. The number of esters is 1. The second-order valence-electron chi connectivity index (χ2n) is 5.21. The van der Waals surface area contributed by atoms with Crippen LogP contribution in [0.25, 0.3) is 0 Å². The van der Waals surface area contributed by atoms with Crippen LogP contribution >= 0.6 is 47.4 Å². The normalized spacial score (nSPS) is 11.7. The highest BCUT2D eigenvalue weighted by Gasteiger charge is 2.23. The van der Waals surface area contributed by atoms with Crippen molar-refractivity contribution < 1.29 is 23.5 Å². The molecule has 0 aliphatic heterocycles. The van der Waals surface area contributed by atoms with Gasteiger partial charge >= 0.3 is 5.97 Å². The molecule has 6 nitrogen and oxygen atoms in total. The average molecular weight is 453 g/mol. The van der Waals surface area contributed by atoms with E-state index in [1.54, 1.807) is 13.0 Å². The number of rotatable bonds is 8. The second-order valence-corrected chi connectivity index (χ2v) is 6.83. The molecule has 0 unspecified atom stereocenters. The first-order valence-corrected chi connectivity index (χ1v) is 9.56. The van der Waals surface area contributed by atoms with Gasteiger partial charge in [-0.05, 0) is 31.2 Å². The molecule has 0 fully saturated rings. The number of halogens is 3. The highest BCUT2D eigenvalue weighted by molar-refractivity contribution is 7.80. The van der Waals surface area contributed by atoms with E-state index in [4.69, 9.17) is 48.7 Å². The molecule has 1 amide bonds. The van der Waals surface area contributed by atoms with Crippen molar-refractivity contribution in [3.8, 4) is 5.75 Å². The Morgan fingerprint density at radius 3 is 2.48 bits per heavy atom. The second kappa shape index (κ2) is 10.1. The summed E-state index contributed by atoms with van der Waals surface area (Å²) >= 11 is 22.0. The summed E-state index contributed by atoms with van der Waals surface area (Å²) in [4.78, 5) is 23.9. The van der Waals surface area contributed by atoms with E-state index >= 15 is 0 Å². The fraction of sp³-hybridized carbons (Fsp3) is 0.294. The number of ether oxygens (including phenoxy) is 2. The molecule has 2 aromatic rings. The molecule has 1 heterocycles. The van der Waals surface area contributed by atoms with Crippen molar-refractivity contribution in [2.45, 2.75) is 19.6 Å². The Hall–Kier alpha value is -1.54. The summed E-state index contributed by atoms with van der Waals surface area (Å²) in [6.45, 7) is 1.87. The average Bonchev–Trinajstić information content (AvgIpc) is 3.07. The van der Waals surface area contributed by atoms with Gasteiger partial charge in [-0.2, -0.15) is 12.6 Å². The lowest BCUT2D eigenvalue weighted by Gasteiger charge is -2.14. The first-order chi connectivity index (χ1) is 12.8. The first-order valence-electron chi connectivity index (χ1n) is 7.80. The van der Waals surface area contributed by atoms with Crippen molar-refractivity contribution in [3.63, 3.8) is 0 Å². The number of furan rings is 1. The Morgan fingerprint density at radius 1 is 1.22 bits per heavy atom. The Morgan fingerprint density at radius 2 is 1.89 bits per heavy atom. The molecule has 27 heavy (non-hydrogen) atoms. The summed E-state index contributed by atoms with van der Waals surface area (Å²) in [5.74, 6) is -0.422. The predicted octanol–water partition coefficient (Wildman–Crippen LogP) is 4.41. The highest BCUT2D eigenvalue weighted by Crippen LogP contribution is 2.36. The van der Waals surface area contributed by atoms with E-state index in [0.29, 0.717) is 10.8 Å². The molecule has 1 aromatic carbocycles. The van der Waals surface area contributed by atoms with E-state index in [9.17, 15) is 9.59 Å². The van der Waals surface area contributed by atoms with Gasteiger partial charge < -0.3 is 19.2 Å². The van der Waals surface area contributed by atoms with Gasteiger partial charge in [0.05, 0.1) is 16.7 Å². The van der Waals surface area contributed by atoms with Crippen LogP contribution < -0.4 is 10.1 Å². The van der Waals surface area contributed by atoms with E-state index in [2.05, 4.69) is 17.9 Å². The summed E-state index contributed by atoms with van der Waals surface area (Å²) in [5.41, 5.74) is 0. The third-order valence-corrected chi connectivity index (χ3v) is 4.41. The van der Waals surface area contributed by atoms with Gasteiger partial charge in [-0.15, -0.1) is 0 Å². The molecule has 0 spiro atoms. The molecule has 0 aliphatic rings. The molecule has 1 N–H and O–H groups in total. The van der Waals surface area contributed by atoms with Crippen LogP contribution in [0.3, 0.4) is 0 Å². The number of amides is 1. The van der Waals surface area contributed by atoms with Crippen LogP contribution in [0.15, 0.2) is 28.7 Å². The molecule has 1 aromatic heterocycles. The molecule has 0 saturated heterocycles. The SMILES string of the molecule is CCOC(=O)[C@H](CS)NC(=O)c1ccc(COc2c(Cl)cc(Cl)cc2Cl)o1. The van der Waals surface area contributed by atoms with Crippen molar-refractivity contribution in [2.75, 3.05) is 12.4 Å². The quantitative estimate of drug-likeness (QED) is 0.458. The third-order valence-electron chi connectivity index (χ3n) is 3.27. The minimum absolute atomic E-state index is 0.0117. The minimum atomic E-state index is -0.878. The lowest BCUT2D eigenvalue weighted by Crippen LogP contribution is -2.43. The van der Waals surface area contributed by atoms with E-state index in [1.807, 2.05) is 0 Å². The van der Waals surface area contributed by atoms with Crippen LogP contribution in [0.4, 0.5) is 0 Å². The molecule has 0 bridgehead atoms. The number of nitrogens with one attached hydrogen (secondary N) is 1. The summed E-state index contributed by atoms with van der Waals surface area (Å²) < 4.78 is 15.8. The van der Waals surface area contributed by atoms with Gasteiger partial charge in [0.15, 0.2) is 11.5 Å². The van der Waals surface area contributed by atoms with Gasteiger partial charge in [0.1, 0.15) is 18.4 Å². The van der Waals surface area contributed by atoms with Crippen LogP contribution in [0, 0.1) is 0 Å². The number of hydrogen-bond donors (Lipinski definition) is 2. The highest BCUT2D eigenvalue weighted by atomic mass is 35.5. The number of carbonyl (C=O) groups excluding carboxylic acids is 2. The van der Waals surface area contributed by atoms with Crippen molar-refractivity contribution in [2.24, 2.45) is 0 Å². The zero-order chi connectivity index (χ0) is 20.0.